The molecule has 2 aromatic carbocycles. The molecule has 0 fully saturated rings. The molecule has 0 radical (unpaired) electrons. The van der Waals surface area contributed by atoms with Crippen LogP contribution in [-0.4, -0.2) is 0 Å². The Morgan fingerprint density at radius 1 is 1.05 bits per heavy atom. The Labute approximate surface area is 129 Å². The van der Waals surface area contributed by atoms with Gasteiger partial charge in [-0.05, 0) is 40.7 Å². The van der Waals surface area contributed by atoms with Crippen molar-refractivity contribution in [1.29, 1.82) is 0 Å². The minimum absolute atomic E-state index is 0.0808. The highest BCUT2D eigenvalue weighted by molar-refractivity contribution is 9.09. The van der Waals surface area contributed by atoms with Crippen LogP contribution >= 0.6 is 15.9 Å². The molecule has 2 aromatic rings. The van der Waals surface area contributed by atoms with Crippen LogP contribution in [0.15, 0.2) is 42.5 Å². The summed E-state index contributed by atoms with van der Waals surface area (Å²) < 4.78 is 13.4. The van der Waals surface area contributed by atoms with Crippen molar-refractivity contribution in [2.75, 3.05) is 0 Å². The molecular weight excluding hydrogens is 315 g/mol. The second-order valence-corrected chi connectivity index (χ2v) is 7.12. The first-order chi connectivity index (χ1) is 9.30. The maximum Gasteiger partial charge on any atom is 0.126 e. The summed E-state index contributed by atoms with van der Waals surface area (Å²) in [6, 6.07) is 13.7. The standard InChI is InChI=1S/C18H20BrF/c1-12-11-13(9-10-16(12)20)17(19)14-7-5-6-8-15(14)18(2,3)4/h5-11,17H,1-4H3. The van der Waals surface area contributed by atoms with Gasteiger partial charge in [-0.1, -0.05) is 73.1 Å². The average molecular weight is 335 g/mol. The smallest absolute Gasteiger partial charge is 0.126 e. The van der Waals surface area contributed by atoms with E-state index in [-0.39, 0.29) is 16.1 Å². The molecule has 106 valence electrons. The molecule has 2 rings (SSSR count). The lowest BCUT2D eigenvalue weighted by atomic mass is 9.82. The molecular formula is C18H20BrF. The number of alkyl halides is 1. The highest BCUT2D eigenvalue weighted by Crippen LogP contribution is 2.37. The zero-order valence-electron chi connectivity index (χ0n) is 12.4. The third kappa shape index (κ3) is 3.12. The van der Waals surface area contributed by atoms with Gasteiger partial charge in [-0.2, -0.15) is 0 Å². The molecule has 0 saturated carbocycles. The molecule has 0 aromatic heterocycles. The summed E-state index contributed by atoms with van der Waals surface area (Å²) in [6.07, 6.45) is 0. The SMILES string of the molecule is Cc1cc(C(Br)c2ccccc2C(C)(C)C)ccc1F. The van der Waals surface area contributed by atoms with E-state index in [1.807, 2.05) is 12.1 Å². The molecule has 0 aliphatic heterocycles. The summed E-state index contributed by atoms with van der Waals surface area (Å²) >= 11 is 3.77. The van der Waals surface area contributed by atoms with Gasteiger partial charge >= 0.3 is 0 Å². The van der Waals surface area contributed by atoms with Crippen molar-refractivity contribution >= 4 is 15.9 Å². The number of halogens is 2. The van der Waals surface area contributed by atoms with Crippen LogP contribution in [0, 0.1) is 12.7 Å². The minimum atomic E-state index is -0.155. The largest absolute Gasteiger partial charge is 0.207 e. The number of benzene rings is 2. The first kappa shape index (κ1) is 15.2. The van der Waals surface area contributed by atoms with E-state index in [1.54, 1.807) is 13.0 Å². The van der Waals surface area contributed by atoms with Crippen LogP contribution in [0.25, 0.3) is 0 Å². The third-order valence-corrected chi connectivity index (χ3v) is 4.54. The fraction of sp³-hybridized carbons (Fsp3) is 0.333. The van der Waals surface area contributed by atoms with Crippen molar-refractivity contribution in [3.05, 3.63) is 70.5 Å². The predicted molar refractivity (Wildman–Crippen MR) is 87.0 cm³/mol. The van der Waals surface area contributed by atoms with Gasteiger partial charge in [0.1, 0.15) is 5.82 Å². The Morgan fingerprint density at radius 2 is 1.70 bits per heavy atom. The molecule has 0 nitrogen and oxygen atoms in total. The van der Waals surface area contributed by atoms with Gasteiger partial charge in [0.05, 0.1) is 4.83 Å². The van der Waals surface area contributed by atoms with Crippen LogP contribution in [0.5, 0.6) is 0 Å². The molecule has 1 atom stereocenters. The van der Waals surface area contributed by atoms with Gasteiger partial charge in [-0.3, -0.25) is 0 Å². The number of hydrogen-bond donors (Lipinski definition) is 0. The van der Waals surface area contributed by atoms with E-state index in [1.165, 1.54) is 11.1 Å². The zero-order valence-corrected chi connectivity index (χ0v) is 14.0. The lowest BCUT2D eigenvalue weighted by molar-refractivity contribution is 0.583. The molecule has 1 unspecified atom stereocenters. The van der Waals surface area contributed by atoms with E-state index < -0.39 is 0 Å². The van der Waals surface area contributed by atoms with Crippen molar-refractivity contribution < 1.29 is 4.39 Å². The molecule has 0 aliphatic rings. The molecule has 0 N–H and O–H groups in total. The van der Waals surface area contributed by atoms with Crippen molar-refractivity contribution in [1.82, 2.24) is 0 Å². The molecule has 0 amide bonds. The number of hydrogen-bond acceptors (Lipinski definition) is 0. The maximum absolute atomic E-state index is 13.4. The summed E-state index contributed by atoms with van der Waals surface area (Å²) in [5.41, 5.74) is 4.40. The summed E-state index contributed by atoms with van der Waals surface area (Å²) in [4.78, 5) is 0.0808. The summed E-state index contributed by atoms with van der Waals surface area (Å²) in [7, 11) is 0. The minimum Gasteiger partial charge on any atom is -0.207 e. The molecule has 0 saturated heterocycles. The van der Waals surface area contributed by atoms with Gasteiger partial charge in [0.15, 0.2) is 0 Å². The number of rotatable bonds is 2. The van der Waals surface area contributed by atoms with E-state index >= 15 is 0 Å². The highest BCUT2D eigenvalue weighted by atomic mass is 79.9. The molecule has 0 spiro atoms. The van der Waals surface area contributed by atoms with Crippen molar-refractivity contribution in [2.24, 2.45) is 0 Å². The molecule has 20 heavy (non-hydrogen) atoms. The lowest BCUT2D eigenvalue weighted by Gasteiger charge is -2.25. The topological polar surface area (TPSA) is 0 Å². The van der Waals surface area contributed by atoms with Crippen LogP contribution in [0.3, 0.4) is 0 Å². The van der Waals surface area contributed by atoms with Crippen LogP contribution in [0.2, 0.25) is 0 Å². The van der Waals surface area contributed by atoms with Crippen LogP contribution in [0.1, 0.15) is 47.9 Å². The lowest BCUT2D eigenvalue weighted by Crippen LogP contribution is -2.15. The van der Waals surface area contributed by atoms with Crippen LogP contribution < -0.4 is 0 Å². The first-order valence-electron chi connectivity index (χ1n) is 6.80. The molecule has 0 bridgehead atoms. The Bertz CT molecular complexity index is 611. The summed E-state index contributed by atoms with van der Waals surface area (Å²) in [5.74, 6) is -0.155. The van der Waals surface area contributed by atoms with Crippen molar-refractivity contribution in [2.45, 2.75) is 37.9 Å². The van der Waals surface area contributed by atoms with Gasteiger partial charge in [0.2, 0.25) is 0 Å². The monoisotopic (exact) mass is 334 g/mol. The van der Waals surface area contributed by atoms with E-state index in [0.717, 1.165) is 5.56 Å². The van der Waals surface area contributed by atoms with E-state index in [4.69, 9.17) is 0 Å². The Kier molecular flexibility index (Phi) is 4.33. The second-order valence-electron chi connectivity index (χ2n) is 6.21. The third-order valence-electron chi connectivity index (χ3n) is 3.52. The first-order valence-corrected chi connectivity index (χ1v) is 7.72. The van der Waals surface area contributed by atoms with Gasteiger partial charge in [-0.15, -0.1) is 0 Å². The zero-order chi connectivity index (χ0) is 14.9. The van der Waals surface area contributed by atoms with Crippen molar-refractivity contribution in [3.63, 3.8) is 0 Å². The Morgan fingerprint density at radius 3 is 2.30 bits per heavy atom. The van der Waals surface area contributed by atoms with Gasteiger partial charge in [0, 0.05) is 0 Å². The van der Waals surface area contributed by atoms with Crippen molar-refractivity contribution in [3.8, 4) is 0 Å². The second kappa shape index (κ2) is 5.69. The quantitative estimate of drug-likeness (QED) is 0.598. The summed E-state index contributed by atoms with van der Waals surface area (Å²) in [5, 5.41) is 0. The fourth-order valence-corrected chi connectivity index (χ4v) is 3.09. The fourth-order valence-electron chi connectivity index (χ4n) is 2.41. The van der Waals surface area contributed by atoms with E-state index in [2.05, 4.69) is 61.0 Å². The maximum atomic E-state index is 13.4. The highest BCUT2D eigenvalue weighted by Gasteiger charge is 2.22. The normalized spacial score (nSPS) is 13.3. The number of aryl methyl sites for hydroxylation is 1. The van der Waals surface area contributed by atoms with Gasteiger partial charge in [-0.25, -0.2) is 4.39 Å². The molecule has 2 heteroatoms. The molecule has 0 heterocycles. The summed E-state index contributed by atoms with van der Waals surface area (Å²) in [6.45, 7) is 8.43. The Balaban J connectivity index is 2.48. The average Bonchev–Trinajstić information content (AvgIpc) is 2.40. The molecule has 0 aliphatic carbocycles. The predicted octanol–water partition coefficient (Wildman–Crippen LogP) is 5.92. The van der Waals surface area contributed by atoms with E-state index in [0.29, 0.717) is 5.56 Å². The van der Waals surface area contributed by atoms with Crippen LogP contribution in [0.4, 0.5) is 4.39 Å². The van der Waals surface area contributed by atoms with Gasteiger partial charge in [0.25, 0.3) is 0 Å². The van der Waals surface area contributed by atoms with E-state index in [9.17, 15) is 4.39 Å². The van der Waals surface area contributed by atoms with Gasteiger partial charge < -0.3 is 0 Å². The Hall–Kier alpha value is -1.15. The van der Waals surface area contributed by atoms with Crippen LogP contribution in [-0.2, 0) is 5.41 Å².